The summed E-state index contributed by atoms with van der Waals surface area (Å²) in [6, 6.07) is 3.29. The first kappa shape index (κ1) is 23.8. The molecule has 0 atom stereocenters. The minimum atomic E-state index is -3.73. The average molecular weight is 491 g/mol. The van der Waals surface area contributed by atoms with Crippen molar-refractivity contribution >= 4 is 43.3 Å². The normalized spacial score (nSPS) is 13.7. The number of ether oxygens (including phenoxy) is 2. The Balaban J connectivity index is 2.15. The second kappa shape index (κ2) is 10.0. The third-order valence-electron chi connectivity index (χ3n) is 4.93. The summed E-state index contributed by atoms with van der Waals surface area (Å²) in [5.74, 6) is -0.704. The maximum absolute atomic E-state index is 12.9. The second-order valence-electron chi connectivity index (χ2n) is 6.80. The Morgan fingerprint density at radius 3 is 2.52 bits per heavy atom. The van der Waals surface area contributed by atoms with Crippen molar-refractivity contribution in [3.8, 4) is 0 Å². The zero-order chi connectivity index (χ0) is 21.8. The molecule has 0 aromatic heterocycles. The van der Waals surface area contributed by atoms with Gasteiger partial charge in [-0.15, -0.1) is 0 Å². The third kappa shape index (κ3) is 5.56. The van der Waals surface area contributed by atoms with Crippen LogP contribution in [0.15, 0.2) is 21.5 Å². The Labute approximate surface area is 180 Å². The summed E-state index contributed by atoms with van der Waals surface area (Å²) >= 11 is 3.34. The SMILES string of the molecule is CCC(=O)N1CCc2cc(Br)c(S(=O)(=O)CCC(=O)N(C)CC(OC)OC)cc21. The van der Waals surface area contributed by atoms with E-state index in [0.717, 1.165) is 5.56 Å². The topological polar surface area (TPSA) is 93.2 Å². The van der Waals surface area contributed by atoms with Crippen LogP contribution in [0, 0.1) is 0 Å². The summed E-state index contributed by atoms with van der Waals surface area (Å²) in [6.45, 7) is 2.51. The van der Waals surface area contributed by atoms with Crippen LogP contribution in [0.4, 0.5) is 5.69 Å². The Hall–Kier alpha value is -1.49. The zero-order valence-corrected chi connectivity index (χ0v) is 19.5. The molecule has 29 heavy (non-hydrogen) atoms. The highest BCUT2D eigenvalue weighted by Crippen LogP contribution is 2.36. The number of halogens is 1. The van der Waals surface area contributed by atoms with Crippen LogP contribution in [-0.2, 0) is 35.3 Å². The largest absolute Gasteiger partial charge is 0.354 e. The molecule has 10 heteroatoms. The van der Waals surface area contributed by atoms with Gasteiger partial charge in [-0.3, -0.25) is 9.59 Å². The lowest BCUT2D eigenvalue weighted by Gasteiger charge is -2.22. The highest BCUT2D eigenvalue weighted by Gasteiger charge is 2.29. The summed E-state index contributed by atoms with van der Waals surface area (Å²) in [5, 5.41) is 0. The molecule has 1 aliphatic rings. The number of nitrogens with zero attached hydrogens (tertiary/aromatic N) is 2. The molecule has 0 spiro atoms. The van der Waals surface area contributed by atoms with Crippen molar-refractivity contribution in [1.82, 2.24) is 4.90 Å². The van der Waals surface area contributed by atoms with Crippen LogP contribution in [-0.4, -0.2) is 71.5 Å². The van der Waals surface area contributed by atoms with Gasteiger partial charge in [0.15, 0.2) is 16.1 Å². The molecule has 162 valence electrons. The fourth-order valence-electron chi connectivity index (χ4n) is 3.17. The molecule has 0 aliphatic carbocycles. The standard InChI is InChI=1S/C19H27BrN2O6S/c1-5-17(23)22-8-6-13-10-14(20)16(11-15(13)22)29(25,26)9-7-18(24)21(2)12-19(27-3)28-4/h10-11,19H,5-9,12H2,1-4H3. The minimum absolute atomic E-state index is 0.0444. The van der Waals surface area contributed by atoms with E-state index in [1.54, 1.807) is 24.9 Å². The number of hydrogen-bond acceptors (Lipinski definition) is 6. The van der Waals surface area contributed by atoms with Crippen LogP contribution in [0.25, 0.3) is 0 Å². The number of fused-ring (bicyclic) bond motifs is 1. The van der Waals surface area contributed by atoms with Gasteiger partial charge in [-0.05, 0) is 40.0 Å². The molecule has 8 nitrogen and oxygen atoms in total. The predicted octanol–water partition coefficient (Wildman–Crippen LogP) is 1.99. The van der Waals surface area contributed by atoms with Crippen molar-refractivity contribution < 1.29 is 27.5 Å². The number of hydrogen-bond donors (Lipinski definition) is 0. The first-order valence-electron chi connectivity index (χ1n) is 9.29. The van der Waals surface area contributed by atoms with Crippen LogP contribution < -0.4 is 4.90 Å². The fraction of sp³-hybridized carbons (Fsp3) is 0.579. The highest BCUT2D eigenvalue weighted by atomic mass is 79.9. The number of benzene rings is 1. The van der Waals surface area contributed by atoms with E-state index >= 15 is 0 Å². The number of sulfone groups is 1. The van der Waals surface area contributed by atoms with Gasteiger partial charge >= 0.3 is 0 Å². The number of anilines is 1. The summed E-state index contributed by atoms with van der Waals surface area (Å²) in [7, 11) is 0.772. The van der Waals surface area contributed by atoms with Crippen molar-refractivity contribution in [2.24, 2.45) is 0 Å². The molecule has 0 saturated carbocycles. The van der Waals surface area contributed by atoms with Crippen molar-refractivity contribution in [2.45, 2.75) is 37.4 Å². The molecule has 1 aliphatic heterocycles. The third-order valence-corrected chi connectivity index (χ3v) is 7.59. The van der Waals surface area contributed by atoms with Gasteiger partial charge in [-0.2, -0.15) is 0 Å². The van der Waals surface area contributed by atoms with Gasteiger partial charge in [-0.25, -0.2) is 8.42 Å². The lowest BCUT2D eigenvalue weighted by Crippen LogP contribution is -2.36. The first-order chi connectivity index (χ1) is 13.6. The van der Waals surface area contributed by atoms with Crippen molar-refractivity contribution in [3.63, 3.8) is 0 Å². The van der Waals surface area contributed by atoms with Gasteiger partial charge in [0.25, 0.3) is 0 Å². The van der Waals surface area contributed by atoms with Crippen molar-refractivity contribution in [3.05, 3.63) is 22.2 Å². The Morgan fingerprint density at radius 1 is 1.28 bits per heavy atom. The zero-order valence-electron chi connectivity index (χ0n) is 17.1. The van der Waals surface area contributed by atoms with Crippen molar-refractivity contribution in [2.75, 3.05) is 45.0 Å². The van der Waals surface area contributed by atoms with Crippen LogP contribution >= 0.6 is 15.9 Å². The molecule has 0 bridgehead atoms. The molecule has 1 aromatic carbocycles. The molecule has 1 heterocycles. The molecule has 1 aromatic rings. The molecular weight excluding hydrogens is 464 g/mol. The van der Waals surface area contributed by atoms with E-state index in [1.807, 2.05) is 0 Å². The maximum Gasteiger partial charge on any atom is 0.226 e. The Bertz CT molecular complexity index is 870. The van der Waals surface area contributed by atoms with Gasteiger partial charge in [0.2, 0.25) is 11.8 Å². The maximum atomic E-state index is 12.9. The molecule has 0 fully saturated rings. The number of methoxy groups -OCH3 is 2. The van der Waals surface area contributed by atoms with E-state index in [2.05, 4.69) is 15.9 Å². The number of carbonyl (C=O) groups is 2. The monoisotopic (exact) mass is 490 g/mol. The van der Waals surface area contributed by atoms with Gasteiger partial charge in [0.1, 0.15) is 0 Å². The molecule has 0 unspecified atom stereocenters. The van der Waals surface area contributed by atoms with Gasteiger partial charge < -0.3 is 19.3 Å². The van der Waals surface area contributed by atoms with E-state index < -0.39 is 16.1 Å². The van der Waals surface area contributed by atoms with E-state index in [1.165, 1.54) is 25.2 Å². The highest BCUT2D eigenvalue weighted by molar-refractivity contribution is 9.10. The summed E-state index contributed by atoms with van der Waals surface area (Å²) in [5.41, 5.74) is 1.56. The molecular formula is C19H27BrN2O6S. The van der Waals surface area contributed by atoms with Crippen molar-refractivity contribution in [1.29, 1.82) is 0 Å². The van der Waals surface area contributed by atoms with E-state index in [9.17, 15) is 18.0 Å². The first-order valence-corrected chi connectivity index (χ1v) is 11.7. The van der Waals surface area contributed by atoms with E-state index in [0.29, 0.717) is 29.5 Å². The average Bonchev–Trinajstić information content (AvgIpc) is 3.11. The lowest BCUT2D eigenvalue weighted by atomic mass is 10.2. The number of likely N-dealkylation sites (N-methyl/N-ethyl adjacent to an activating group) is 1. The Kier molecular flexibility index (Phi) is 8.21. The molecule has 2 amide bonds. The second-order valence-corrected chi connectivity index (χ2v) is 9.74. The van der Waals surface area contributed by atoms with Gasteiger partial charge in [0.05, 0.1) is 17.2 Å². The van der Waals surface area contributed by atoms with Crippen LogP contribution in [0.1, 0.15) is 25.3 Å². The van der Waals surface area contributed by atoms with Crippen LogP contribution in [0.2, 0.25) is 0 Å². The predicted molar refractivity (Wildman–Crippen MR) is 113 cm³/mol. The molecule has 2 rings (SSSR count). The summed E-state index contributed by atoms with van der Waals surface area (Å²) < 4.78 is 36.4. The molecule has 0 saturated heterocycles. The quantitative estimate of drug-likeness (QED) is 0.491. The number of rotatable bonds is 9. The Morgan fingerprint density at radius 2 is 1.93 bits per heavy atom. The van der Waals surface area contributed by atoms with E-state index in [4.69, 9.17) is 9.47 Å². The summed E-state index contributed by atoms with van der Waals surface area (Å²) in [4.78, 5) is 27.6. The lowest BCUT2D eigenvalue weighted by molar-refractivity contribution is -0.142. The smallest absolute Gasteiger partial charge is 0.226 e. The molecule has 0 N–H and O–H groups in total. The van der Waals surface area contributed by atoms with Gasteiger partial charge in [0, 0.05) is 50.8 Å². The number of carbonyl (C=O) groups excluding carboxylic acids is 2. The van der Waals surface area contributed by atoms with E-state index in [-0.39, 0.29) is 35.4 Å². The summed E-state index contributed by atoms with van der Waals surface area (Å²) in [6.07, 6.45) is 0.292. The number of amides is 2. The van der Waals surface area contributed by atoms with Gasteiger partial charge in [-0.1, -0.05) is 6.92 Å². The van der Waals surface area contributed by atoms with Crippen LogP contribution in [0.3, 0.4) is 0 Å². The minimum Gasteiger partial charge on any atom is -0.354 e. The van der Waals surface area contributed by atoms with Crippen LogP contribution in [0.5, 0.6) is 0 Å². The molecule has 0 radical (unpaired) electrons. The fourth-order valence-corrected chi connectivity index (χ4v) is 5.61.